The van der Waals surface area contributed by atoms with Gasteiger partial charge in [0.05, 0.1) is 0 Å². The van der Waals surface area contributed by atoms with Crippen molar-refractivity contribution in [1.29, 1.82) is 0 Å². The molecule has 1 nitrogen and oxygen atoms in total. The minimum Gasteiger partial charge on any atom is -0.468 e. The molecule has 8 heavy (non-hydrogen) atoms. The van der Waals surface area contributed by atoms with E-state index in [2.05, 4.69) is 0 Å². The second kappa shape index (κ2) is 7.68. The van der Waals surface area contributed by atoms with E-state index in [1.165, 1.54) is 18.9 Å². The molecule has 0 aliphatic rings. The van der Waals surface area contributed by atoms with E-state index in [0.29, 0.717) is 0 Å². The van der Waals surface area contributed by atoms with E-state index in [1.54, 1.807) is 0 Å². The van der Waals surface area contributed by atoms with Gasteiger partial charge in [0, 0.05) is 5.88 Å². The molecule has 0 atom stereocenters. The molecule has 0 amide bonds. The third-order valence-electron chi connectivity index (χ3n) is 0.982. The molecule has 0 rings (SSSR count). The Labute approximate surface area is 61.2 Å². The summed E-state index contributed by atoms with van der Waals surface area (Å²) in [7, 11) is 0.841. The first-order chi connectivity index (χ1) is 3.91. The number of hydrogen-bond donors (Lipinski definition) is 0. The average Bonchev–Trinajstić information content (AvgIpc) is 1.81. The van der Waals surface area contributed by atoms with Gasteiger partial charge in [0.1, 0.15) is 20.2 Å². The van der Waals surface area contributed by atoms with Crippen LogP contribution in [0.15, 0.2) is 0 Å². The summed E-state index contributed by atoms with van der Waals surface area (Å²) < 4.78 is 5.12. The van der Waals surface area contributed by atoms with Crippen molar-refractivity contribution in [2.24, 2.45) is 0 Å². The van der Waals surface area contributed by atoms with Crippen molar-refractivity contribution in [3.8, 4) is 0 Å². The smallest absolute Gasteiger partial charge is 0.145 e. The molecule has 0 spiro atoms. The Kier molecular flexibility index (Phi) is 8.34. The lowest BCUT2D eigenvalue weighted by molar-refractivity contribution is 0.652. The number of unbranched alkanes of at least 4 members (excludes halogenated alkanes) is 1. The lowest BCUT2D eigenvalue weighted by atomic mass is 10.4. The molecule has 0 saturated heterocycles. The summed E-state index contributed by atoms with van der Waals surface area (Å²) in [6.07, 6.45) is 2.44. The van der Waals surface area contributed by atoms with Crippen LogP contribution in [0.4, 0.5) is 0 Å². The van der Waals surface area contributed by atoms with Crippen molar-refractivity contribution in [3.63, 3.8) is 0 Å². The highest BCUT2D eigenvalue weighted by Crippen LogP contribution is 1.95. The van der Waals surface area contributed by atoms with Gasteiger partial charge in [-0.05, 0) is 12.5 Å². The van der Waals surface area contributed by atoms with Crippen LogP contribution in [0.5, 0.6) is 0 Å². The summed E-state index contributed by atoms with van der Waals surface area (Å²) in [5.41, 5.74) is 0. The van der Waals surface area contributed by atoms with Crippen molar-refractivity contribution < 1.29 is 4.12 Å². The van der Waals surface area contributed by atoms with E-state index in [0.717, 1.165) is 16.4 Å². The lowest BCUT2D eigenvalue weighted by Gasteiger charge is -1.94. The number of rotatable bonds is 5. The van der Waals surface area contributed by atoms with Crippen LogP contribution in [0.25, 0.3) is 0 Å². The standard InChI is InChI=1S/C4H13ClOSi2/c5-3-1-2-4-8-6-7/h1-4,8H2,7H3. The molecule has 0 aliphatic heterocycles. The van der Waals surface area contributed by atoms with E-state index >= 15 is 0 Å². The maximum absolute atomic E-state index is 5.46. The van der Waals surface area contributed by atoms with E-state index in [4.69, 9.17) is 15.7 Å². The Balaban J connectivity index is 2.53. The van der Waals surface area contributed by atoms with Crippen LogP contribution in [0.2, 0.25) is 6.04 Å². The maximum Gasteiger partial charge on any atom is 0.145 e. The molecular formula is C4H13ClOSi2. The molecular weight excluding hydrogens is 156 g/mol. The zero-order valence-electron chi connectivity index (χ0n) is 5.32. The van der Waals surface area contributed by atoms with Crippen molar-refractivity contribution in [2.75, 3.05) is 5.88 Å². The molecule has 0 N–H and O–H groups in total. The normalized spacial score (nSPS) is 11.6. The summed E-state index contributed by atoms with van der Waals surface area (Å²) >= 11 is 5.46. The van der Waals surface area contributed by atoms with Gasteiger partial charge in [0.25, 0.3) is 0 Å². The van der Waals surface area contributed by atoms with Crippen molar-refractivity contribution in [3.05, 3.63) is 0 Å². The van der Waals surface area contributed by atoms with E-state index in [1.807, 2.05) is 0 Å². The number of alkyl halides is 1. The molecule has 0 aromatic carbocycles. The highest BCUT2D eigenvalue weighted by molar-refractivity contribution is 6.34. The zero-order valence-corrected chi connectivity index (χ0v) is 9.49. The second-order valence-electron chi connectivity index (χ2n) is 1.74. The molecule has 0 aromatic rings. The fraction of sp³-hybridized carbons (Fsp3) is 1.00. The third-order valence-corrected chi connectivity index (χ3v) is 3.67. The Hall–Kier alpha value is 0.684. The fourth-order valence-electron chi connectivity index (χ4n) is 0.518. The predicted octanol–water partition coefficient (Wildman–Crippen LogP) is -0.196. The first-order valence-electron chi connectivity index (χ1n) is 2.96. The van der Waals surface area contributed by atoms with Crippen LogP contribution < -0.4 is 0 Å². The van der Waals surface area contributed by atoms with Crippen molar-refractivity contribution >= 4 is 31.9 Å². The van der Waals surface area contributed by atoms with Crippen LogP contribution in [-0.2, 0) is 4.12 Å². The van der Waals surface area contributed by atoms with Crippen LogP contribution in [-0.4, -0.2) is 26.1 Å². The fourth-order valence-corrected chi connectivity index (χ4v) is 2.42. The highest BCUT2D eigenvalue weighted by atomic mass is 35.5. The molecule has 0 saturated carbocycles. The van der Waals surface area contributed by atoms with Crippen molar-refractivity contribution in [1.82, 2.24) is 0 Å². The molecule has 0 aromatic heterocycles. The molecule has 0 bridgehead atoms. The first kappa shape index (κ1) is 8.68. The average molecular weight is 169 g/mol. The molecule has 50 valence electrons. The van der Waals surface area contributed by atoms with Gasteiger partial charge in [-0.1, -0.05) is 6.42 Å². The summed E-state index contributed by atoms with van der Waals surface area (Å²) in [5, 5.41) is 0. The van der Waals surface area contributed by atoms with Gasteiger partial charge in [-0.2, -0.15) is 0 Å². The predicted molar refractivity (Wildman–Crippen MR) is 44.3 cm³/mol. The van der Waals surface area contributed by atoms with Gasteiger partial charge in [0.2, 0.25) is 0 Å². The second-order valence-corrected chi connectivity index (χ2v) is 5.55. The van der Waals surface area contributed by atoms with Gasteiger partial charge in [-0.3, -0.25) is 0 Å². The minimum atomic E-state index is -0.0955. The summed E-state index contributed by atoms with van der Waals surface area (Å²) in [6.45, 7) is 0. The molecule has 0 unspecified atom stereocenters. The Morgan fingerprint density at radius 3 is 2.75 bits per heavy atom. The van der Waals surface area contributed by atoms with E-state index in [-0.39, 0.29) is 9.76 Å². The quantitative estimate of drug-likeness (QED) is 0.314. The van der Waals surface area contributed by atoms with Crippen LogP contribution in [0.1, 0.15) is 12.8 Å². The Bertz CT molecular complexity index is 39.0. The summed E-state index contributed by atoms with van der Waals surface area (Å²) in [6, 6.07) is 1.32. The number of halogens is 1. The Morgan fingerprint density at radius 2 is 2.25 bits per heavy atom. The van der Waals surface area contributed by atoms with Crippen LogP contribution in [0, 0.1) is 0 Å². The van der Waals surface area contributed by atoms with E-state index < -0.39 is 0 Å². The van der Waals surface area contributed by atoms with Gasteiger partial charge < -0.3 is 4.12 Å². The van der Waals surface area contributed by atoms with Gasteiger partial charge in [-0.25, -0.2) is 0 Å². The topological polar surface area (TPSA) is 9.23 Å². The maximum atomic E-state index is 5.46. The van der Waals surface area contributed by atoms with E-state index in [9.17, 15) is 0 Å². The third kappa shape index (κ3) is 6.68. The zero-order chi connectivity index (χ0) is 6.24. The summed E-state index contributed by atoms with van der Waals surface area (Å²) in [5.74, 6) is 0.815. The molecule has 0 radical (unpaired) electrons. The SMILES string of the molecule is [SiH3]O[SiH2]CCCCCl. The molecule has 0 heterocycles. The minimum absolute atomic E-state index is 0.0955. The number of hydrogen-bond acceptors (Lipinski definition) is 1. The van der Waals surface area contributed by atoms with Gasteiger partial charge in [-0.15, -0.1) is 11.6 Å². The lowest BCUT2D eigenvalue weighted by Crippen LogP contribution is -1.93. The highest BCUT2D eigenvalue weighted by Gasteiger charge is 1.85. The van der Waals surface area contributed by atoms with Crippen LogP contribution in [0.3, 0.4) is 0 Å². The first-order valence-corrected chi connectivity index (χ1v) is 5.89. The van der Waals surface area contributed by atoms with Gasteiger partial charge in [0.15, 0.2) is 0 Å². The monoisotopic (exact) mass is 168 g/mol. The molecule has 4 heteroatoms. The Morgan fingerprint density at radius 1 is 1.50 bits per heavy atom. The van der Waals surface area contributed by atoms with Gasteiger partial charge >= 0.3 is 0 Å². The van der Waals surface area contributed by atoms with Crippen molar-refractivity contribution in [2.45, 2.75) is 18.9 Å². The molecule has 0 fully saturated rings. The summed E-state index contributed by atoms with van der Waals surface area (Å²) in [4.78, 5) is 0. The largest absolute Gasteiger partial charge is 0.468 e. The molecule has 0 aliphatic carbocycles. The van der Waals surface area contributed by atoms with Crippen LogP contribution >= 0.6 is 11.6 Å².